The molecule has 0 N–H and O–H groups in total. The molecule has 0 aromatic carbocycles. The zero-order chi connectivity index (χ0) is 17.4. The van der Waals surface area contributed by atoms with Gasteiger partial charge in [-0.15, -0.1) is 11.3 Å². The second-order valence-corrected chi connectivity index (χ2v) is 7.64. The van der Waals surface area contributed by atoms with Crippen LogP contribution in [0.2, 0.25) is 0 Å². The molecular formula is C18H21N5OS. The van der Waals surface area contributed by atoms with Gasteiger partial charge in [-0.1, -0.05) is 0 Å². The van der Waals surface area contributed by atoms with Gasteiger partial charge in [0.15, 0.2) is 5.65 Å². The van der Waals surface area contributed by atoms with E-state index in [4.69, 9.17) is 4.98 Å². The van der Waals surface area contributed by atoms with Crippen LogP contribution in [0.15, 0.2) is 23.7 Å². The maximum atomic E-state index is 12.9. The van der Waals surface area contributed by atoms with Gasteiger partial charge < -0.3 is 4.90 Å². The number of piperidine rings is 1. The Labute approximate surface area is 150 Å². The normalized spacial score (nSPS) is 18.0. The molecule has 4 heterocycles. The van der Waals surface area contributed by atoms with Crippen molar-refractivity contribution in [1.29, 1.82) is 0 Å². The van der Waals surface area contributed by atoms with Crippen LogP contribution in [-0.4, -0.2) is 36.9 Å². The van der Waals surface area contributed by atoms with Crippen LogP contribution in [0.4, 0.5) is 0 Å². The Kier molecular flexibility index (Phi) is 4.25. The molecular weight excluding hydrogens is 334 g/mol. The number of fused-ring (bicyclic) bond motifs is 1. The Morgan fingerprint density at radius 2 is 2.20 bits per heavy atom. The molecule has 0 unspecified atom stereocenters. The summed E-state index contributed by atoms with van der Waals surface area (Å²) in [4.78, 5) is 24.0. The van der Waals surface area contributed by atoms with Crippen LogP contribution in [0.5, 0.6) is 0 Å². The summed E-state index contributed by atoms with van der Waals surface area (Å²) in [6.45, 7) is 4.72. The molecule has 25 heavy (non-hydrogen) atoms. The van der Waals surface area contributed by atoms with Crippen molar-refractivity contribution < 1.29 is 4.79 Å². The van der Waals surface area contributed by atoms with Crippen molar-refractivity contribution >= 4 is 22.9 Å². The average molecular weight is 355 g/mol. The highest BCUT2D eigenvalue weighted by Gasteiger charge is 2.29. The van der Waals surface area contributed by atoms with Crippen LogP contribution in [-0.2, 0) is 11.2 Å². The molecule has 1 aliphatic heterocycles. The molecule has 4 rings (SSSR count). The van der Waals surface area contributed by atoms with Crippen LogP contribution < -0.4 is 0 Å². The van der Waals surface area contributed by atoms with Gasteiger partial charge in [0.1, 0.15) is 0 Å². The molecule has 1 amide bonds. The lowest BCUT2D eigenvalue weighted by Crippen LogP contribution is -2.39. The summed E-state index contributed by atoms with van der Waals surface area (Å²) in [7, 11) is 0. The van der Waals surface area contributed by atoms with E-state index in [1.54, 1.807) is 15.9 Å². The van der Waals surface area contributed by atoms with Gasteiger partial charge in [-0.05, 0) is 39.2 Å². The van der Waals surface area contributed by atoms with Crippen molar-refractivity contribution in [2.45, 2.75) is 45.6 Å². The number of hydrogen-bond donors (Lipinski definition) is 0. The molecule has 0 saturated carbocycles. The summed E-state index contributed by atoms with van der Waals surface area (Å²) in [6, 6.07) is 4.00. The first kappa shape index (κ1) is 16.2. The number of aromatic nitrogens is 4. The van der Waals surface area contributed by atoms with Gasteiger partial charge in [-0.3, -0.25) is 4.79 Å². The average Bonchev–Trinajstić information content (AvgIpc) is 3.18. The van der Waals surface area contributed by atoms with Gasteiger partial charge in [0, 0.05) is 24.2 Å². The topological polar surface area (TPSA) is 63.4 Å². The van der Waals surface area contributed by atoms with E-state index in [0.717, 1.165) is 53.5 Å². The summed E-state index contributed by atoms with van der Waals surface area (Å²) in [5.41, 5.74) is 3.60. The van der Waals surface area contributed by atoms with Crippen LogP contribution in [0.3, 0.4) is 0 Å². The highest BCUT2D eigenvalue weighted by molar-refractivity contribution is 7.09. The van der Waals surface area contributed by atoms with Crippen LogP contribution in [0.1, 0.15) is 47.4 Å². The van der Waals surface area contributed by atoms with Crippen molar-refractivity contribution in [2.24, 2.45) is 0 Å². The van der Waals surface area contributed by atoms with Gasteiger partial charge >= 0.3 is 0 Å². The molecule has 1 fully saturated rings. The number of rotatable bonds is 3. The number of carbonyl (C=O) groups is 1. The standard InChI is InChI=1S/C18H21N5OS/c1-12-9-17-20-15(6-8-23(17)21-12)16-5-3-4-7-22(16)18(24)10-14-11-25-13(2)19-14/h6,8-9,11,16H,3-5,7,10H2,1-2H3/t16-/m0/s1. The third-order valence-corrected chi connectivity index (χ3v) is 5.45. The first-order valence-corrected chi connectivity index (χ1v) is 9.51. The Morgan fingerprint density at radius 1 is 1.32 bits per heavy atom. The monoisotopic (exact) mass is 355 g/mol. The molecule has 1 aliphatic rings. The molecule has 0 aliphatic carbocycles. The van der Waals surface area contributed by atoms with E-state index < -0.39 is 0 Å². The zero-order valence-electron chi connectivity index (χ0n) is 14.5. The molecule has 0 bridgehead atoms. The largest absolute Gasteiger partial charge is 0.334 e. The van der Waals surface area contributed by atoms with Crippen LogP contribution >= 0.6 is 11.3 Å². The minimum Gasteiger partial charge on any atom is -0.334 e. The molecule has 1 atom stereocenters. The van der Waals surface area contributed by atoms with Gasteiger partial charge in [-0.2, -0.15) is 5.10 Å². The van der Waals surface area contributed by atoms with Crippen molar-refractivity contribution in [3.63, 3.8) is 0 Å². The molecule has 7 heteroatoms. The van der Waals surface area contributed by atoms with Gasteiger partial charge in [0.2, 0.25) is 5.91 Å². The second-order valence-electron chi connectivity index (χ2n) is 6.57. The number of hydrogen-bond acceptors (Lipinski definition) is 5. The summed E-state index contributed by atoms with van der Waals surface area (Å²) in [5, 5.41) is 7.36. The minimum absolute atomic E-state index is 0.0428. The lowest BCUT2D eigenvalue weighted by Gasteiger charge is -2.35. The van der Waals surface area contributed by atoms with Crippen molar-refractivity contribution in [3.05, 3.63) is 45.8 Å². The number of nitrogens with zero attached hydrogens (tertiary/aromatic N) is 5. The second kappa shape index (κ2) is 6.55. The smallest absolute Gasteiger partial charge is 0.229 e. The van der Waals surface area contributed by atoms with Crippen LogP contribution in [0.25, 0.3) is 5.65 Å². The van der Waals surface area contributed by atoms with Gasteiger partial charge in [-0.25, -0.2) is 14.5 Å². The fourth-order valence-electron chi connectivity index (χ4n) is 3.48. The van der Waals surface area contributed by atoms with E-state index in [-0.39, 0.29) is 11.9 Å². The SMILES string of the molecule is Cc1cc2nc([C@@H]3CCCCN3C(=O)Cc3csc(C)n3)ccn2n1. The molecule has 1 saturated heterocycles. The van der Waals surface area contributed by atoms with Gasteiger partial charge in [0.05, 0.1) is 34.6 Å². The number of aryl methyl sites for hydroxylation is 2. The highest BCUT2D eigenvalue weighted by Crippen LogP contribution is 2.30. The van der Waals surface area contributed by atoms with E-state index in [1.165, 1.54) is 0 Å². The summed E-state index contributed by atoms with van der Waals surface area (Å²) in [6.07, 6.45) is 5.43. The Balaban J connectivity index is 1.59. The molecule has 6 nitrogen and oxygen atoms in total. The van der Waals surface area contributed by atoms with Gasteiger partial charge in [0.25, 0.3) is 0 Å². The quantitative estimate of drug-likeness (QED) is 0.724. The molecule has 0 spiro atoms. The van der Waals surface area contributed by atoms with Crippen LogP contribution in [0, 0.1) is 13.8 Å². The van der Waals surface area contributed by atoms with E-state index >= 15 is 0 Å². The predicted octanol–water partition coefficient (Wildman–Crippen LogP) is 3.10. The highest BCUT2D eigenvalue weighted by atomic mass is 32.1. The van der Waals surface area contributed by atoms with E-state index in [2.05, 4.69) is 10.1 Å². The third kappa shape index (κ3) is 3.28. The molecule has 3 aromatic rings. The summed E-state index contributed by atoms with van der Waals surface area (Å²) >= 11 is 1.59. The Morgan fingerprint density at radius 3 is 3.00 bits per heavy atom. The number of amides is 1. The van der Waals surface area contributed by atoms with E-state index in [1.807, 2.05) is 42.5 Å². The Bertz CT molecular complexity index is 915. The predicted molar refractivity (Wildman–Crippen MR) is 96.6 cm³/mol. The van der Waals surface area contributed by atoms with Crippen molar-refractivity contribution in [2.75, 3.05) is 6.54 Å². The zero-order valence-corrected chi connectivity index (χ0v) is 15.3. The minimum atomic E-state index is 0.0428. The first-order chi connectivity index (χ1) is 12.1. The lowest BCUT2D eigenvalue weighted by molar-refractivity contribution is -0.134. The summed E-state index contributed by atoms with van der Waals surface area (Å²) in [5.74, 6) is 0.140. The van der Waals surface area contributed by atoms with E-state index in [9.17, 15) is 4.79 Å². The maximum absolute atomic E-state index is 12.9. The fraction of sp³-hybridized carbons (Fsp3) is 0.444. The third-order valence-electron chi connectivity index (χ3n) is 4.63. The molecule has 0 radical (unpaired) electrons. The number of likely N-dealkylation sites (tertiary alicyclic amines) is 1. The molecule has 3 aromatic heterocycles. The Hall–Kier alpha value is -2.28. The first-order valence-electron chi connectivity index (χ1n) is 8.63. The molecule has 130 valence electrons. The number of thiazole rings is 1. The number of carbonyl (C=O) groups excluding carboxylic acids is 1. The fourth-order valence-corrected chi connectivity index (χ4v) is 4.09. The van der Waals surface area contributed by atoms with Crippen molar-refractivity contribution in [3.8, 4) is 0 Å². The summed E-state index contributed by atoms with van der Waals surface area (Å²) < 4.78 is 1.78. The van der Waals surface area contributed by atoms with E-state index in [0.29, 0.717) is 6.42 Å². The van der Waals surface area contributed by atoms with Crippen molar-refractivity contribution in [1.82, 2.24) is 24.5 Å². The maximum Gasteiger partial charge on any atom is 0.229 e. The lowest BCUT2D eigenvalue weighted by atomic mass is 9.98.